The number of aromatic hydroxyl groups is 1. The van der Waals surface area contributed by atoms with E-state index in [4.69, 9.17) is 4.42 Å². The molecule has 2 aromatic rings. The molecule has 2 rings (SSSR count). The molecule has 0 aliphatic rings. The summed E-state index contributed by atoms with van der Waals surface area (Å²) in [5.41, 5.74) is 0.474. The molecule has 0 spiro atoms. The van der Waals surface area contributed by atoms with Crippen LogP contribution in [0.3, 0.4) is 0 Å². The van der Waals surface area contributed by atoms with Gasteiger partial charge in [0.15, 0.2) is 5.75 Å². The van der Waals surface area contributed by atoms with E-state index in [9.17, 15) is 9.90 Å². The van der Waals surface area contributed by atoms with Crippen molar-refractivity contribution in [3.63, 3.8) is 0 Å². The van der Waals surface area contributed by atoms with Crippen molar-refractivity contribution in [2.75, 3.05) is 14.1 Å². The van der Waals surface area contributed by atoms with Crippen LogP contribution in [0.15, 0.2) is 39.9 Å². The summed E-state index contributed by atoms with van der Waals surface area (Å²) in [7, 11) is 3.85. The van der Waals surface area contributed by atoms with Gasteiger partial charge in [-0.25, -0.2) is 0 Å². The van der Waals surface area contributed by atoms with Crippen LogP contribution >= 0.6 is 0 Å². The van der Waals surface area contributed by atoms with E-state index in [1.165, 1.54) is 12.3 Å². The summed E-state index contributed by atoms with van der Waals surface area (Å²) in [4.78, 5) is 13.4. The number of nitrogens with zero attached hydrogens (tertiary/aromatic N) is 2. The average molecular weight is 248 g/mol. The average Bonchev–Trinajstić information content (AvgIpc) is 2.77. The summed E-state index contributed by atoms with van der Waals surface area (Å²) in [6, 6.07) is 5.12. The Bertz CT molecular complexity index is 570. The minimum Gasteiger partial charge on any atom is -0.503 e. The summed E-state index contributed by atoms with van der Waals surface area (Å²) in [5.74, 6) is 0.530. The molecule has 0 radical (unpaired) electrons. The normalized spacial score (nSPS) is 11.1. The van der Waals surface area contributed by atoms with E-state index < -0.39 is 0 Å². The van der Waals surface area contributed by atoms with Crippen LogP contribution in [-0.2, 0) is 13.1 Å². The van der Waals surface area contributed by atoms with E-state index in [2.05, 4.69) is 0 Å². The molecular formula is C13H16N2O3. The van der Waals surface area contributed by atoms with Crippen LogP contribution in [0, 0.1) is 0 Å². The lowest BCUT2D eigenvalue weighted by Crippen LogP contribution is -2.19. The fourth-order valence-electron chi connectivity index (χ4n) is 1.78. The maximum atomic E-state index is 11.5. The van der Waals surface area contributed by atoms with E-state index in [-0.39, 0.29) is 11.2 Å². The molecule has 1 N–H and O–H groups in total. The molecule has 0 aliphatic carbocycles. The van der Waals surface area contributed by atoms with Crippen molar-refractivity contribution < 1.29 is 9.52 Å². The first-order valence-electron chi connectivity index (χ1n) is 5.65. The summed E-state index contributed by atoms with van der Waals surface area (Å²) in [6.07, 6.45) is 3.05. The Hall–Kier alpha value is -2.01. The number of pyridine rings is 1. The van der Waals surface area contributed by atoms with Gasteiger partial charge < -0.3 is 19.0 Å². The molecule has 0 fully saturated rings. The highest BCUT2D eigenvalue weighted by atomic mass is 16.3. The molecule has 2 aromatic heterocycles. The van der Waals surface area contributed by atoms with Crippen molar-refractivity contribution in [2.24, 2.45) is 0 Å². The topological polar surface area (TPSA) is 58.6 Å². The van der Waals surface area contributed by atoms with Crippen molar-refractivity contribution in [1.29, 1.82) is 0 Å². The fraction of sp³-hybridized carbons (Fsp3) is 0.308. The molecule has 0 aromatic carbocycles. The van der Waals surface area contributed by atoms with Crippen molar-refractivity contribution in [1.82, 2.24) is 9.47 Å². The van der Waals surface area contributed by atoms with Gasteiger partial charge in [0.25, 0.3) is 0 Å². The van der Waals surface area contributed by atoms with E-state index in [0.717, 1.165) is 11.5 Å². The molecule has 0 saturated carbocycles. The molecule has 5 nitrogen and oxygen atoms in total. The lowest BCUT2D eigenvalue weighted by atomic mass is 10.3. The summed E-state index contributed by atoms with van der Waals surface area (Å²) in [6.45, 7) is 1.11. The molecule has 0 atom stereocenters. The number of rotatable bonds is 4. The first kappa shape index (κ1) is 12.4. The van der Waals surface area contributed by atoms with Crippen LogP contribution in [0.2, 0.25) is 0 Å². The van der Waals surface area contributed by atoms with Crippen LogP contribution in [-0.4, -0.2) is 28.7 Å². The lowest BCUT2D eigenvalue weighted by molar-refractivity contribution is 0.379. The third-order valence-corrected chi connectivity index (χ3v) is 2.58. The van der Waals surface area contributed by atoms with Gasteiger partial charge >= 0.3 is 0 Å². The van der Waals surface area contributed by atoms with Gasteiger partial charge in [0.05, 0.1) is 19.0 Å². The van der Waals surface area contributed by atoms with E-state index >= 15 is 0 Å². The van der Waals surface area contributed by atoms with Gasteiger partial charge in [-0.05, 0) is 26.2 Å². The Labute approximate surface area is 105 Å². The van der Waals surface area contributed by atoms with Crippen LogP contribution in [0.25, 0.3) is 0 Å². The Morgan fingerprint density at radius 1 is 1.44 bits per heavy atom. The van der Waals surface area contributed by atoms with Crippen LogP contribution in [0.4, 0.5) is 0 Å². The Morgan fingerprint density at radius 3 is 2.83 bits per heavy atom. The molecule has 0 saturated heterocycles. The van der Waals surface area contributed by atoms with E-state index in [0.29, 0.717) is 13.1 Å². The smallest absolute Gasteiger partial charge is 0.223 e. The van der Waals surface area contributed by atoms with Crippen molar-refractivity contribution >= 4 is 0 Å². The van der Waals surface area contributed by atoms with Gasteiger partial charge in [0, 0.05) is 18.3 Å². The molecule has 18 heavy (non-hydrogen) atoms. The zero-order valence-electron chi connectivity index (χ0n) is 10.5. The van der Waals surface area contributed by atoms with Crippen molar-refractivity contribution in [2.45, 2.75) is 13.1 Å². The van der Waals surface area contributed by atoms with Gasteiger partial charge in [-0.15, -0.1) is 0 Å². The number of hydrogen-bond donors (Lipinski definition) is 1. The molecule has 0 amide bonds. The fourth-order valence-corrected chi connectivity index (χ4v) is 1.78. The molecule has 5 heteroatoms. The Balaban J connectivity index is 2.37. The second-order valence-corrected chi connectivity index (χ2v) is 4.46. The third kappa shape index (κ3) is 2.81. The van der Waals surface area contributed by atoms with Gasteiger partial charge in [0.2, 0.25) is 5.43 Å². The largest absolute Gasteiger partial charge is 0.503 e. The van der Waals surface area contributed by atoms with Crippen molar-refractivity contribution in [3.05, 3.63) is 52.3 Å². The van der Waals surface area contributed by atoms with Crippen LogP contribution in [0.5, 0.6) is 5.75 Å². The molecule has 0 bridgehead atoms. The minimum absolute atomic E-state index is 0.246. The summed E-state index contributed by atoms with van der Waals surface area (Å²) in [5, 5.41) is 9.51. The highest BCUT2D eigenvalue weighted by molar-refractivity contribution is 5.21. The first-order chi connectivity index (χ1) is 8.56. The van der Waals surface area contributed by atoms with E-state index in [1.54, 1.807) is 6.26 Å². The lowest BCUT2D eigenvalue weighted by Gasteiger charge is -2.16. The second-order valence-electron chi connectivity index (χ2n) is 4.46. The maximum Gasteiger partial charge on any atom is 0.223 e. The standard InChI is InChI=1S/C13H16N2O3/c1-14(2)7-10-6-12(16)13(17)9-15(10)8-11-4-3-5-18-11/h3-6,9,17H,7-8H2,1-2H3. The van der Waals surface area contributed by atoms with Gasteiger partial charge in [-0.1, -0.05) is 0 Å². The highest BCUT2D eigenvalue weighted by Crippen LogP contribution is 2.11. The van der Waals surface area contributed by atoms with Crippen LogP contribution in [0.1, 0.15) is 11.5 Å². The summed E-state index contributed by atoms with van der Waals surface area (Å²) >= 11 is 0. The first-order valence-corrected chi connectivity index (χ1v) is 5.65. The monoisotopic (exact) mass is 248 g/mol. The van der Waals surface area contributed by atoms with Crippen LogP contribution < -0.4 is 5.43 Å². The molecular weight excluding hydrogens is 232 g/mol. The number of furan rings is 1. The van der Waals surface area contributed by atoms with Crippen molar-refractivity contribution in [3.8, 4) is 5.75 Å². The molecule has 0 aliphatic heterocycles. The van der Waals surface area contributed by atoms with Gasteiger partial charge in [-0.2, -0.15) is 0 Å². The zero-order valence-corrected chi connectivity index (χ0v) is 10.5. The quantitative estimate of drug-likeness (QED) is 0.885. The predicted octanol–water partition coefficient (Wildman–Crippen LogP) is 1.26. The zero-order chi connectivity index (χ0) is 13.1. The molecule has 2 heterocycles. The molecule has 0 unspecified atom stereocenters. The number of hydrogen-bond acceptors (Lipinski definition) is 4. The third-order valence-electron chi connectivity index (χ3n) is 2.58. The number of aromatic nitrogens is 1. The molecule has 96 valence electrons. The maximum absolute atomic E-state index is 11.5. The summed E-state index contributed by atoms with van der Waals surface area (Å²) < 4.78 is 7.09. The van der Waals surface area contributed by atoms with E-state index in [1.807, 2.05) is 35.7 Å². The van der Waals surface area contributed by atoms with Gasteiger partial charge in [-0.3, -0.25) is 4.79 Å². The Morgan fingerprint density at radius 2 is 2.22 bits per heavy atom. The minimum atomic E-state index is -0.359. The predicted molar refractivity (Wildman–Crippen MR) is 67.6 cm³/mol. The highest BCUT2D eigenvalue weighted by Gasteiger charge is 2.08. The second kappa shape index (κ2) is 5.10. The SMILES string of the molecule is CN(C)Cc1cc(=O)c(O)cn1Cc1ccco1. The van der Waals surface area contributed by atoms with Gasteiger partial charge in [0.1, 0.15) is 5.76 Å². The Kier molecular flexibility index (Phi) is 3.53.